The maximum atomic E-state index is 13.3. The van der Waals surface area contributed by atoms with Crippen LogP contribution in [0.1, 0.15) is 18.5 Å². The number of nitrogens with zero attached hydrogens (tertiary/aromatic N) is 3. The van der Waals surface area contributed by atoms with Crippen LogP contribution in [0, 0.1) is 11.7 Å². The van der Waals surface area contributed by atoms with Crippen LogP contribution >= 0.6 is 0 Å². The number of pyridine rings is 1. The summed E-state index contributed by atoms with van der Waals surface area (Å²) in [6.45, 7) is 1.90. The van der Waals surface area contributed by atoms with Gasteiger partial charge in [-0.25, -0.2) is 9.37 Å². The van der Waals surface area contributed by atoms with Gasteiger partial charge in [0.15, 0.2) is 0 Å². The Kier molecular flexibility index (Phi) is 4.53. The molecule has 3 aromatic rings. The number of imidazole rings is 1. The number of carboxylic acids is 1. The molecule has 1 fully saturated rings. The molecule has 140 valence electrons. The third kappa shape index (κ3) is 3.50. The zero-order valence-electron chi connectivity index (χ0n) is 14.8. The molecule has 0 bridgehead atoms. The fourth-order valence-corrected chi connectivity index (χ4v) is 3.71. The number of carboxylic acid groups (broad SMARTS) is 1. The van der Waals surface area contributed by atoms with E-state index in [1.165, 1.54) is 12.1 Å². The first kappa shape index (κ1) is 17.5. The number of fused-ring (bicyclic) bond motifs is 1. The molecule has 3 heterocycles. The van der Waals surface area contributed by atoms with Gasteiger partial charge in [0.05, 0.1) is 17.3 Å². The minimum absolute atomic E-state index is 0.298. The van der Waals surface area contributed by atoms with Gasteiger partial charge < -0.3 is 15.2 Å². The SMILES string of the molecule is Nc1ccc2nc(-c3ccc(F)cc3)c(CN3CCCC(C(=O)O)C3)n2c1. The molecular weight excluding hydrogens is 347 g/mol. The molecule has 1 atom stereocenters. The number of piperidine rings is 1. The van der Waals surface area contributed by atoms with Crippen molar-refractivity contribution in [2.45, 2.75) is 19.4 Å². The van der Waals surface area contributed by atoms with Crippen LogP contribution in [0.5, 0.6) is 0 Å². The second kappa shape index (κ2) is 7.00. The molecule has 4 rings (SSSR count). The van der Waals surface area contributed by atoms with Gasteiger partial charge in [-0.2, -0.15) is 0 Å². The fourth-order valence-electron chi connectivity index (χ4n) is 3.71. The summed E-state index contributed by atoms with van der Waals surface area (Å²) in [5.74, 6) is -1.40. The summed E-state index contributed by atoms with van der Waals surface area (Å²) >= 11 is 0. The van der Waals surface area contributed by atoms with Crippen LogP contribution in [0.25, 0.3) is 16.9 Å². The first-order valence-corrected chi connectivity index (χ1v) is 8.99. The number of aliphatic carboxylic acids is 1. The monoisotopic (exact) mass is 368 g/mol. The van der Waals surface area contributed by atoms with E-state index < -0.39 is 5.97 Å². The molecule has 0 radical (unpaired) electrons. The highest BCUT2D eigenvalue weighted by atomic mass is 19.1. The zero-order valence-corrected chi connectivity index (χ0v) is 14.8. The van der Waals surface area contributed by atoms with Crippen LogP contribution in [-0.2, 0) is 11.3 Å². The molecule has 0 amide bonds. The van der Waals surface area contributed by atoms with Crippen LogP contribution in [0.4, 0.5) is 10.1 Å². The minimum atomic E-state index is -0.749. The van der Waals surface area contributed by atoms with Gasteiger partial charge in [0.1, 0.15) is 11.5 Å². The van der Waals surface area contributed by atoms with Gasteiger partial charge in [-0.3, -0.25) is 9.69 Å². The van der Waals surface area contributed by atoms with Crippen molar-refractivity contribution in [1.82, 2.24) is 14.3 Å². The van der Waals surface area contributed by atoms with Gasteiger partial charge in [0, 0.05) is 30.5 Å². The number of nitrogen functional groups attached to an aromatic ring is 1. The van der Waals surface area contributed by atoms with E-state index in [0.29, 0.717) is 25.2 Å². The molecule has 1 saturated heterocycles. The Morgan fingerprint density at radius 1 is 1.26 bits per heavy atom. The molecule has 1 aliphatic heterocycles. The number of rotatable bonds is 4. The van der Waals surface area contributed by atoms with Crippen molar-refractivity contribution < 1.29 is 14.3 Å². The lowest BCUT2D eigenvalue weighted by atomic mass is 9.98. The first-order chi connectivity index (χ1) is 13.0. The topological polar surface area (TPSA) is 83.9 Å². The third-order valence-electron chi connectivity index (χ3n) is 5.09. The van der Waals surface area contributed by atoms with Gasteiger partial charge in [-0.15, -0.1) is 0 Å². The quantitative estimate of drug-likeness (QED) is 0.740. The van der Waals surface area contributed by atoms with Gasteiger partial charge in [-0.1, -0.05) is 0 Å². The van der Waals surface area contributed by atoms with Crippen molar-refractivity contribution in [2.75, 3.05) is 18.8 Å². The number of likely N-dealkylation sites (tertiary alicyclic amines) is 1. The number of hydrogen-bond acceptors (Lipinski definition) is 4. The zero-order chi connectivity index (χ0) is 19.0. The van der Waals surface area contributed by atoms with Crippen LogP contribution in [0.15, 0.2) is 42.6 Å². The van der Waals surface area contributed by atoms with E-state index in [0.717, 1.165) is 35.6 Å². The van der Waals surface area contributed by atoms with Crippen LogP contribution in [-0.4, -0.2) is 38.4 Å². The molecule has 2 aromatic heterocycles. The summed E-state index contributed by atoms with van der Waals surface area (Å²) < 4.78 is 15.3. The van der Waals surface area contributed by atoms with E-state index >= 15 is 0 Å². The van der Waals surface area contributed by atoms with E-state index in [-0.39, 0.29) is 11.7 Å². The minimum Gasteiger partial charge on any atom is -0.481 e. The molecule has 6 nitrogen and oxygen atoms in total. The molecule has 0 aliphatic carbocycles. The Labute approximate surface area is 156 Å². The van der Waals surface area contributed by atoms with Crippen molar-refractivity contribution in [3.05, 3.63) is 54.1 Å². The number of nitrogens with two attached hydrogens (primary N) is 1. The van der Waals surface area contributed by atoms with Gasteiger partial charge in [0.25, 0.3) is 0 Å². The summed E-state index contributed by atoms with van der Waals surface area (Å²) in [6.07, 6.45) is 3.38. The maximum Gasteiger partial charge on any atom is 0.307 e. The van der Waals surface area contributed by atoms with Crippen molar-refractivity contribution in [3.8, 4) is 11.3 Å². The van der Waals surface area contributed by atoms with E-state index in [2.05, 4.69) is 4.90 Å². The van der Waals surface area contributed by atoms with Crippen molar-refractivity contribution in [2.24, 2.45) is 5.92 Å². The Morgan fingerprint density at radius 2 is 2.04 bits per heavy atom. The number of halogens is 1. The predicted octanol–water partition coefficient (Wildman–Crippen LogP) is 3.02. The molecular formula is C20H21FN4O2. The average Bonchev–Trinajstić information content (AvgIpc) is 3.00. The molecule has 1 aromatic carbocycles. The molecule has 1 aliphatic rings. The van der Waals surface area contributed by atoms with Crippen LogP contribution in [0.2, 0.25) is 0 Å². The first-order valence-electron chi connectivity index (χ1n) is 8.99. The smallest absolute Gasteiger partial charge is 0.307 e. The lowest BCUT2D eigenvalue weighted by molar-refractivity contribution is -0.143. The highest BCUT2D eigenvalue weighted by Crippen LogP contribution is 2.28. The third-order valence-corrected chi connectivity index (χ3v) is 5.09. The fraction of sp³-hybridized carbons (Fsp3) is 0.300. The lowest BCUT2D eigenvalue weighted by Crippen LogP contribution is -2.38. The molecule has 1 unspecified atom stereocenters. The summed E-state index contributed by atoms with van der Waals surface area (Å²) in [6, 6.07) is 9.89. The Balaban J connectivity index is 1.75. The highest BCUT2D eigenvalue weighted by molar-refractivity contribution is 5.70. The number of carbonyl (C=O) groups is 1. The van der Waals surface area contributed by atoms with Gasteiger partial charge in [0.2, 0.25) is 0 Å². The Morgan fingerprint density at radius 3 is 2.78 bits per heavy atom. The summed E-state index contributed by atoms with van der Waals surface area (Å²) in [5, 5.41) is 9.35. The summed E-state index contributed by atoms with van der Waals surface area (Å²) in [4.78, 5) is 18.2. The van der Waals surface area contributed by atoms with Crippen LogP contribution < -0.4 is 5.73 Å². The summed E-state index contributed by atoms with van der Waals surface area (Å²) in [5.41, 5.74) is 9.85. The number of anilines is 1. The molecule has 3 N–H and O–H groups in total. The number of aromatic nitrogens is 2. The lowest BCUT2D eigenvalue weighted by Gasteiger charge is -2.30. The molecule has 27 heavy (non-hydrogen) atoms. The maximum absolute atomic E-state index is 13.3. The highest BCUT2D eigenvalue weighted by Gasteiger charge is 2.27. The molecule has 0 spiro atoms. The predicted molar refractivity (Wildman–Crippen MR) is 101 cm³/mol. The van der Waals surface area contributed by atoms with E-state index in [4.69, 9.17) is 10.7 Å². The Bertz CT molecular complexity index is 984. The van der Waals surface area contributed by atoms with Gasteiger partial charge >= 0.3 is 5.97 Å². The standard InChI is InChI=1S/C20H21FN4O2/c21-15-5-3-13(4-6-15)19-17(25-11-16(22)7-8-18(25)23-19)12-24-9-1-2-14(10-24)20(26)27/h3-8,11,14H,1-2,9-10,12,22H2,(H,26,27). The van der Waals surface area contributed by atoms with E-state index in [1.807, 2.05) is 16.7 Å². The largest absolute Gasteiger partial charge is 0.481 e. The second-order valence-corrected chi connectivity index (χ2v) is 7.02. The van der Waals surface area contributed by atoms with Gasteiger partial charge in [-0.05, 0) is 55.8 Å². The summed E-state index contributed by atoms with van der Waals surface area (Å²) in [7, 11) is 0. The van der Waals surface area contributed by atoms with Crippen molar-refractivity contribution >= 4 is 17.3 Å². The van der Waals surface area contributed by atoms with E-state index in [9.17, 15) is 14.3 Å². The normalized spacial score (nSPS) is 18.0. The van der Waals surface area contributed by atoms with Crippen molar-refractivity contribution in [3.63, 3.8) is 0 Å². The molecule has 0 saturated carbocycles. The molecule has 7 heteroatoms. The van der Waals surface area contributed by atoms with Crippen LogP contribution in [0.3, 0.4) is 0 Å². The number of benzene rings is 1. The average molecular weight is 368 g/mol. The van der Waals surface area contributed by atoms with Crippen molar-refractivity contribution in [1.29, 1.82) is 0 Å². The Hall–Kier alpha value is -2.93. The second-order valence-electron chi connectivity index (χ2n) is 7.02. The number of hydrogen-bond donors (Lipinski definition) is 2. The van der Waals surface area contributed by atoms with E-state index in [1.54, 1.807) is 18.2 Å².